The molecule has 3 nitrogen and oxygen atoms in total. The van der Waals surface area contributed by atoms with Crippen molar-refractivity contribution in [3.05, 3.63) is 273 Å². The molecule has 0 fully saturated rings. The van der Waals surface area contributed by atoms with Crippen molar-refractivity contribution < 1.29 is 0 Å². The quantitative estimate of drug-likeness (QED) is 0.141. The molecule has 2 aromatic heterocycles. The van der Waals surface area contributed by atoms with Gasteiger partial charge in [0.05, 0.1) is 33.4 Å². The van der Waals surface area contributed by atoms with E-state index in [0.29, 0.717) is 0 Å². The van der Waals surface area contributed by atoms with Gasteiger partial charge in [0.1, 0.15) is 0 Å². The summed E-state index contributed by atoms with van der Waals surface area (Å²) in [6, 6.07) is 99.2. The van der Waals surface area contributed by atoms with Gasteiger partial charge in [-0.25, -0.2) is 0 Å². The molecule has 13 rings (SSSR count). The monoisotopic (exact) mass is 879 g/mol. The average Bonchev–Trinajstić information content (AvgIpc) is 3.94. The minimum absolute atomic E-state index is 1.07. The van der Waals surface area contributed by atoms with Gasteiger partial charge in [0.15, 0.2) is 0 Å². The number of hydrogen-bond acceptors (Lipinski definition) is 1. The van der Waals surface area contributed by atoms with Crippen LogP contribution in [0.3, 0.4) is 0 Å². The van der Waals surface area contributed by atoms with Crippen LogP contribution in [0.1, 0.15) is 0 Å². The molecular formula is C66H45N3. The first-order valence-electron chi connectivity index (χ1n) is 23.7. The van der Waals surface area contributed by atoms with Crippen LogP contribution in [0.15, 0.2) is 273 Å². The second-order valence-corrected chi connectivity index (χ2v) is 17.7. The molecule has 11 aromatic carbocycles. The normalized spacial score (nSPS) is 11.5. The van der Waals surface area contributed by atoms with E-state index < -0.39 is 0 Å². The summed E-state index contributed by atoms with van der Waals surface area (Å²) in [4.78, 5) is 2.46. The van der Waals surface area contributed by atoms with E-state index in [-0.39, 0.29) is 0 Å². The molecule has 3 heteroatoms. The maximum absolute atomic E-state index is 2.46. The fourth-order valence-corrected chi connectivity index (χ4v) is 10.5. The maximum atomic E-state index is 2.46. The molecule has 0 aliphatic rings. The highest BCUT2D eigenvalue weighted by atomic mass is 15.1. The largest absolute Gasteiger partial charge is 0.309 e. The Bertz CT molecular complexity index is 3780. The van der Waals surface area contributed by atoms with Gasteiger partial charge in [0, 0.05) is 49.7 Å². The molecule has 0 radical (unpaired) electrons. The van der Waals surface area contributed by atoms with Crippen molar-refractivity contribution >= 4 is 60.7 Å². The molecule has 0 aliphatic carbocycles. The SMILES string of the molecule is c1ccc(-c2ccc(-c3ccc(N(c4ccccc4-c4ccc5c6ccccc6n(-c6ccccc6)c5c4)c4ccccc4-c4ccc5c6ccccc6n(-c6ccccc6)c5c4)cc3)cc2)cc1. The predicted molar refractivity (Wildman–Crippen MR) is 292 cm³/mol. The molecule has 324 valence electrons. The summed E-state index contributed by atoms with van der Waals surface area (Å²) in [5.74, 6) is 0. The first-order chi connectivity index (χ1) is 34.2. The summed E-state index contributed by atoms with van der Waals surface area (Å²) in [6.45, 7) is 0. The summed E-state index contributed by atoms with van der Waals surface area (Å²) in [5.41, 5.74) is 19.6. The van der Waals surface area contributed by atoms with Gasteiger partial charge in [-0.15, -0.1) is 0 Å². The highest BCUT2D eigenvalue weighted by Crippen LogP contribution is 2.47. The van der Waals surface area contributed by atoms with Crippen LogP contribution in [0, 0.1) is 0 Å². The Labute approximate surface area is 401 Å². The third-order valence-electron chi connectivity index (χ3n) is 13.7. The van der Waals surface area contributed by atoms with E-state index in [0.717, 1.165) is 50.7 Å². The second kappa shape index (κ2) is 16.9. The number of anilines is 3. The summed E-state index contributed by atoms with van der Waals surface area (Å²) in [6.07, 6.45) is 0. The Morgan fingerprint density at radius 3 is 1.03 bits per heavy atom. The van der Waals surface area contributed by atoms with Crippen LogP contribution in [-0.4, -0.2) is 9.13 Å². The number of nitrogens with zero attached hydrogens (tertiary/aromatic N) is 3. The molecule has 0 saturated heterocycles. The highest BCUT2D eigenvalue weighted by Gasteiger charge is 2.23. The lowest BCUT2D eigenvalue weighted by atomic mass is 9.97. The highest BCUT2D eigenvalue weighted by molar-refractivity contribution is 6.12. The van der Waals surface area contributed by atoms with Gasteiger partial charge in [-0.05, 0) is 106 Å². The smallest absolute Gasteiger partial charge is 0.0547 e. The Morgan fingerprint density at radius 2 is 0.565 bits per heavy atom. The lowest BCUT2D eigenvalue weighted by molar-refractivity contribution is 1.18. The first-order valence-corrected chi connectivity index (χ1v) is 23.7. The molecule has 0 aliphatic heterocycles. The van der Waals surface area contributed by atoms with Crippen LogP contribution in [0.2, 0.25) is 0 Å². The molecule has 2 heterocycles. The Kier molecular flexibility index (Phi) is 9.84. The Morgan fingerprint density at radius 1 is 0.232 bits per heavy atom. The van der Waals surface area contributed by atoms with Crippen molar-refractivity contribution in [2.24, 2.45) is 0 Å². The van der Waals surface area contributed by atoms with E-state index in [2.05, 4.69) is 287 Å². The molecule has 0 N–H and O–H groups in total. The third kappa shape index (κ3) is 6.99. The van der Waals surface area contributed by atoms with Gasteiger partial charge in [-0.3, -0.25) is 0 Å². The second-order valence-electron chi connectivity index (χ2n) is 17.7. The first kappa shape index (κ1) is 40.1. The molecule has 0 bridgehead atoms. The van der Waals surface area contributed by atoms with E-state index >= 15 is 0 Å². The number of benzene rings is 11. The van der Waals surface area contributed by atoms with Crippen LogP contribution >= 0.6 is 0 Å². The van der Waals surface area contributed by atoms with E-state index in [1.165, 1.54) is 65.9 Å². The minimum atomic E-state index is 1.07. The molecule has 0 atom stereocenters. The molecule has 0 unspecified atom stereocenters. The average molecular weight is 880 g/mol. The van der Waals surface area contributed by atoms with Crippen LogP contribution in [0.5, 0.6) is 0 Å². The fourth-order valence-electron chi connectivity index (χ4n) is 10.5. The van der Waals surface area contributed by atoms with Crippen molar-refractivity contribution in [2.75, 3.05) is 4.90 Å². The topological polar surface area (TPSA) is 13.1 Å². The molecule has 13 aromatic rings. The van der Waals surface area contributed by atoms with Crippen LogP contribution < -0.4 is 4.90 Å². The standard InChI is InChI=1S/C66H45N3/c1-4-18-46(19-5-1)47-32-34-48(35-33-47)49-36-40-54(41-37-49)67(61-28-14-10-24-55(61)50-38-42-59-57-26-12-16-30-63(57)68(65(59)44-50)52-20-6-2-7-21-52)62-29-15-11-25-56(62)51-39-43-60-58-27-13-17-31-64(58)69(66(60)45-51)53-22-8-3-9-23-53/h1-45H. The number of fused-ring (bicyclic) bond motifs is 6. The van der Waals surface area contributed by atoms with Gasteiger partial charge in [0.2, 0.25) is 0 Å². The van der Waals surface area contributed by atoms with Gasteiger partial charge in [-0.2, -0.15) is 0 Å². The summed E-state index contributed by atoms with van der Waals surface area (Å²) < 4.78 is 4.81. The van der Waals surface area contributed by atoms with E-state index in [1.54, 1.807) is 0 Å². The van der Waals surface area contributed by atoms with Gasteiger partial charge in [-0.1, -0.05) is 200 Å². The van der Waals surface area contributed by atoms with Gasteiger partial charge >= 0.3 is 0 Å². The van der Waals surface area contributed by atoms with Crippen molar-refractivity contribution in [3.63, 3.8) is 0 Å². The minimum Gasteiger partial charge on any atom is -0.309 e. The maximum Gasteiger partial charge on any atom is 0.0547 e. The zero-order valence-corrected chi connectivity index (χ0v) is 37.8. The number of aromatic nitrogens is 2. The Hall–Kier alpha value is -9.18. The summed E-state index contributed by atoms with van der Waals surface area (Å²) >= 11 is 0. The van der Waals surface area contributed by atoms with Crippen molar-refractivity contribution in [3.8, 4) is 55.9 Å². The molecule has 0 spiro atoms. The van der Waals surface area contributed by atoms with E-state index in [9.17, 15) is 0 Å². The lowest BCUT2D eigenvalue weighted by Crippen LogP contribution is -2.12. The van der Waals surface area contributed by atoms with E-state index in [1.807, 2.05) is 0 Å². The van der Waals surface area contributed by atoms with Gasteiger partial charge < -0.3 is 14.0 Å². The molecular weight excluding hydrogens is 835 g/mol. The third-order valence-corrected chi connectivity index (χ3v) is 13.7. The van der Waals surface area contributed by atoms with Crippen molar-refractivity contribution in [2.45, 2.75) is 0 Å². The number of para-hydroxylation sites is 6. The molecule has 69 heavy (non-hydrogen) atoms. The van der Waals surface area contributed by atoms with Crippen molar-refractivity contribution in [1.29, 1.82) is 0 Å². The van der Waals surface area contributed by atoms with E-state index in [4.69, 9.17) is 0 Å². The molecule has 0 amide bonds. The lowest BCUT2D eigenvalue weighted by Gasteiger charge is -2.30. The van der Waals surface area contributed by atoms with Gasteiger partial charge in [0.25, 0.3) is 0 Å². The molecule has 0 saturated carbocycles. The summed E-state index contributed by atoms with van der Waals surface area (Å²) in [7, 11) is 0. The van der Waals surface area contributed by atoms with Crippen LogP contribution in [0.25, 0.3) is 99.5 Å². The zero-order chi connectivity index (χ0) is 45.7. The number of hydrogen-bond donors (Lipinski definition) is 0. The Balaban J connectivity index is 0.997. The zero-order valence-electron chi connectivity index (χ0n) is 37.8. The van der Waals surface area contributed by atoms with Crippen LogP contribution in [-0.2, 0) is 0 Å². The van der Waals surface area contributed by atoms with Crippen molar-refractivity contribution in [1.82, 2.24) is 9.13 Å². The fraction of sp³-hybridized carbons (Fsp3) is 0. The summed E-state index contributed by atoms with van der Waals surface area (Å²) in [5, 5.41) is 4.94. The predicted octanol–water partition coefficient (Wildman–Crippen LogP) is 18.0. The van der Waals surface area contributed by atoms with Crippen LogP contribution in [0.4, 0.5) is 17.1 Å². The number of rotatable bonds is 9.